The van der Waals surface area contributed by atoms with Gasteiger partial charge in [0.15, 0.2) is 6.10 Å². The molecule has 2 rings (SSSR count). The van der Waals surface area contributed by atoms with E-state index < -0.39 is 12.1 Å². The lowest BCUT2D eigenvalue weighted by Crippen LogP contribution is -2.58. The van der Waals surface area contributed by atoms with Crippen molar-refractivity contribution in [3.05, 3.63) is 28.8 Å². The summed E-state index contributed by atoms with van der Waals surface area (Å²) in [6.45, 7) is 6.25. The predicted molar refractivity (Wildman–Crippen MR) is 80.5 cm³/mol. The third-order valence-electron chi connectivity index (χ3n) is 3.52. The predicted octanol–water partition coefficient (Wildman–Crippen LogP) is 1.76. The number of rotatable bonds is 3. The molecule has 0 radical (unpaired) electrons. The van der Waals surface area contributed by atoms with Crippen molar-refractivity contribution in [2.45, 2.75) is 32.9 Å². The Morgan fingerprint density at radius 3 is 2.95 bits per heavy atom. The minimum atomic E-state index is -0.697. The zero-order valence-electron chi connectivity index (χ0n) is 12.4. The fourth-order valence-corrected chi connectivity index (χ4v) is 2.42. The van der Waals surface area contributed by atoms with Crippen molar-refractivity contribution in [2.24, 2.45) is 0 Å². The molecule has 0 aromatic heterocycles. The fourth-order valence-electron chi connectivity index (χ4n) is 2.26. The maximum Gasteiger partial charge on any atom is 0.264 e. The summed E-state index contributed by atoms with van der Waals surface area (Å²) in [5, 5.41) is 3.19. The van der Waals surface area contributed by atoms with Crippen LogP contribution in [0.5, 0.6) is 5.75 Å². The highest BCUT2D eigenvalue weighted by atomic mass is 35.5. The molecule has 5 nitrogen and oxygen atoms in total. The zero-order chi connectivity index (χ0) is 15.6. The third kappa shape index (κ3) is 3.47. The summed E-state index contributed by atoms with van der Waals surface area (Å²) in [4.78, 5) is 25.6. The van der Waals surface area contributed by atoms with Crippen LogP contribution in [0, 0.1) is 6.92 Å². The number of halogens is 1. The van der Waals surface area contributed by atoms with Gasteiger partial charge < -0.3 is 15.0 Å². The van der Waals surface area contributed by atoms with Crippen LogP contribution in [0.3, 0.4) is 0 Å². The van der Waals surface area contributed by atoms with Crippen molar-refractivity contribution in [2.75, 3.05) is 13.1 Å². The van der Waals surface area contributed by atoms with E-state index in [9.17, 15) is 9.59 Å². The molecule has 1 heterocycles. The van der Waals surface area contributed by atoms with Crippen LogP contribution in [0.15, 0.2) is 18.2 Å². The highest BCUT2D eigenvalue weighted by Crippen LogP contribution is 2.26. The van der Waals surface area contributed by atoms with Gasteiger partial charge in [-0.2, -0.15) is 0 Å². The summed E-state index contributed by atoms with van der Waals surface area (Å²) in [5.41, 5.74) is 1.000. The Morgan fingerprint density at radius 2 is 2.24 bits per heavy atom. The summed E-state index contributed by atoms with van der Waals surface area (Å²) in [7, 11) is 0. The van der Waals surface area contributed by atoms with Crippen molar-refractivity contribution >= 4 is 23.4 Å². The van der Waals surface area contributed by atoms with Crippen molar-refractivity contribution in [1.29, 1.82) is 0 Å². The number of amides is 2. The van der Waals surface area contributed by atoms with Gasteiger partial charge in [0, 0.05) is 13.1 Å². The lowest BCUT2D eigenvalue weighted by molar-refractivity contribution is -0.147. The molecule has 0 saturated carbocycles. The number of benzene rings is 1. The number of aryl methyl sites for hydroxylation is 1. The molecule has 0 bridgehead atoms. The number of nitrogens with one attached hydrogen (secondary N) is 1. The summed E-state index contributed by atoms with van der Waals surface area (Å²) in [6, 6.07) is 4.92. The van der Waals surface area contributed by atoms with Crippen LogP contribution in [-0.2, 0) is 9.59 Å². The topological polar surface area (TPSA) is 58.6 Å². The Balaban J connectivity index is 2.09. The van der Waals surface area contributed by atoms with Crippen LogP contribution in [0.2, 0.25) is 5.02 Å². The molecule has 21 heavy (non-hydrogen) atoms. The van der Waals surface area contributed by atoms with Crippen LogP contribution in [0.25, 0.3) is 0 Å². The van der Waals surface area contributed by atoms with Gasteiger partial charge in [-0.05, 0) is 38.5 Å². The number of ether oxygens (including phenoxy) is 1. The third-order valence-corrected chi connectivity index (χ3v) is 3.83. The Labute approximate surface area is 129 Å². The molecule has 2 atom stereocenters. The lowest BCUT2D eigenvalue weighted by atomic mass is 10.2. The van der Waals surface area contributed by atoms with Gasteiger partial charge in [0.2, 0.25) is 5.91 Å². The number of hydrogen-bond acceptors (Lipinski definition) is 3. The Morgan fingerprint density at radius 1 is 1.52 bits per heavy atom. The van der Waals surface area contributed by atoms with E-state index >= 15 is 0 Å². The summed E-state index contributed by atoms with van der Waals surface area (Å²) in [6.07, 6.45) is -0.697. The van der Waals surface area contributed by atoms with Crippen LogP contribution in [-0.4, -0.2) is 41.9 Å². The van der Waals surface area contributed by atoms with Gasteiger partial charge in [-0.1, -0.05) is 17.7 Å². The molecule has 114 valence electrons. The van der Waals surface area contributed by atoms with Crippen LogP contribution >= 0.6 is 11.6 Å². The van der Waals surface area contributed by atoms with Crippen LogP contribution < -0.4 is 10.1 Å². The molecule has 0 aliphatic carbocycles. The smallest absolute Gasteiger partial charge is 0.264 e. The molecular weight excluding hydrogens is 292 g/mol. The van der Waals surface area contributed by atoms with Gasteiger partial charge in [-0.3, -0.25) is 9.59 Å². The molecule has 0 unspecified atom stereocenters. The second kappa shape index (κ2) is 6.35. The Bertz CT molecular complexity index is 562. The average Bonchev–Trinajstić information content (AvgIpc) is 2.45. The van der Waals surface area contributed by atoms with E-state index in [4.69, 9.17) is 16.3 Å². The number of carbonyl (C=O) groups excluding carboxylic acids is 2. The normalized spacial score (nSPS) is 19.9. The largest absolute Gasteiger partial charge is 0.479 e. The summed E-state index contributed by atoms with van der Waals surface area (Å²) < 4.78 is 5.67. The van der Waals surface area contributed by atoms with Gasteiger partial charge in [-0.15, -0.1) is 0 Å². The van der Waals surface area contributed by atoms with E-state index in [2.05, 4.69) is 5.32 Å². The maximum atomic E-state index is 12.4. The average molecular weight is 311 g/mol. The zero-order valence-corrected chi connectivity index (χ0v) is 13.1. The molecule has 1 aliphatic heterocycles. The number of nitrogens with zero attached hydrogens (tertiary/aromatic N) is 1. The fraction of sp³-hybridized carbons (Fsp3) is 0.467. The van der Waals surface area contributed by atoms with Crippen molar-refractivity contribution in [3.63, 3.8) is 0 Å². The van der Waals surface area contributed by atoms with Crippen molar-refractivity contribution in [3.8, 4) is 5.75 Å². The van der Waals surface area contributed by atoms with E-state index in [-0.39, 0.29) is 11.8 Å². The molecule has 1 aromatic rings. The summed E-state index contributed by atoms with van der Waals surface area (Å²) in [5.74, 6) is 0.122. The highest BCUT2D eigenvalue weighted by molar-refractivity contribution is 6.32. The Hall–Kier alpha value is -1.75. The molecule has 6 heteroatoms. The van der Waals surface area contributed by atoms with E-state index in [1.165, 1.54) is 4.90 Å². The number of hydrogen-bond donors (Lipinski definition) is 1. The first-order valence-corrected chi connectivity index (χ1v) is 7.29. The number of carbonyl (C=O) groups is 2. The lowest BCUT2D eigenvalue weighted by Gasteiger charge is -2.34. The first-order chi connectivity index (χ1) is 9.90. The SMILES string of the molecule is Cc1ccc(Cl)c(O[C@@H](C)C(=O)N2CCNC(=O)[C@H]2C)c1. The van der Waals surface area contributed by atoms with Crippen LogP contribution in [0.1, 0.15) is 19.4 Å². The molecule has 1 N–H and O–H groups in total. The standard InChI is InChI=1S/C15H19ClN2O3/c1-9-4-5-12(16)13(8-9)21-11(3)15(20)18-7-6-17-14(19)10(18)2/h4-5,8,10-11H,6-7H2,1-3H3,(H,17,19)/t10-,11+/m1/s1. The molecule has 1 aromatic carbocycles. The minimum Gasteiger partial charge on any atom is -0.479 e. The highest BCUT2D eigenvalue weighted by Gasteiger charge is 2.32. The molecule has 2 amide bonds. The van der Waals surface area contributed by atoms with Crippen molar-refractivity contribution in [1.82, 2.24) is 10.2 Å². The second-order valence-electron chi connectivity index (χ2n) is 5.19. The van der Waals surface area contributed by atoms with Gasteiger partial charge in [0.25, 0.3) is 5.91 Å². The van der Waals surface area contributed by atoms with Crippen LogP contribution in [0.4, 0.5) is 0 Å². The van der Waals surface area contributed by atoms with Gasteiger partial charge in [0.1, 0.15) is 11.8 Å². The molecule has 1 fully saturated rings. The quantitative estimate of drug-likeness (QED) is 0.925. The molecule has 0 spiro atoms. The van der Waals surface area contributed by atoms with Gasteiger partial charge >= 0.3 is 0 Å². The molecule has 1 aliphatic rings. The van der Waals surface area contributed by atoms with E-state index in [1.807, 2.05) is 13.0 Å². The van der Waals surface area contributed by atoms with E-state index in [1.54, 1.807) is 26.0 Å². The monoisotopic (exact) mass is 310 g/mol. The number of piperazine rings is 1. The van der Waals surface area contributed by atoms with Gasteiger partial charge in [0.05, 0.1) is 5.02 Å². The molecular formula is C15H19ClN2O3. The maximum absolute atomic E-state index is 12.4. The summed E-state index contributed by atoms with van der Waals surface area (Å²) >= 11 is 6.07. The van der Waals surface area contributed by atoms with E-state index in [0.29, 0.717) is 23.9 Å². The van der Waals surface area contributed by atoms with Gasteiger partial charge in [-0.25, -0.2) is 0 Å². The molecule has 1 saturated heterocycles. The Kier molecular flexibility index (Phi) is 4.73. The first kappa shape index (κ1) is 15.6. The first-order valence-electron chi connectivity index (χ1n) is 6.91. The minimum absolute atomic E-state index is 0.143. The van der Waals surface area contributed by atoms with Crippen molar-refractivity contribution < 1.29 is 14.3 Å². The second-order valence-corrected chi connectivity index (χ2v) is 5.60. The van der Waals surface area contributed by atoms with E-state index in [0.717, 1.165) is 5.56 Å².